The van der Waals surface area contributed by atoms with Crippen molar-refractivity contribution in [1.82, 2.24) is 14.8 Å². The zero-order valence-corrected chi connectivity index (χ0v) is 17.6. The SMILES string of the molecule is CN1CCN(Cc2c[nH]c3ccc(S(=O)(=O)c4ccc(Br)cc4)cc23)CC1. The molecule has 7 heteroatoms. The number of nitrogens with one attached hydrogen (secondary N) is 1. The maximum Gasteiger partial charge on any atom is 0.206 e. The first kappa shape index (κ1) is 18.7. The van der Waals surface area contributed by atoms with Crippen LogP contribution in [0.4, 0.5) is 0 Å². The minimum atomic E-state index is -3.54. The minimum Gasteiger partial charge on any atom is -0.361 e. The van der Waals surface area contributed by atoms with Crippen LogP contribution < -0.4 is 0 Å². The van der Waals surface area contributed by atoms with E-state index in [1.807, 2.05) is 12.3 Å². The van der Waals surface area contributed by atoms with Crippen molar-refractivity contribution < 1.29 is 8.42 Å². The third kappa shape index (κ3) is 3.82. The van der Waals surface area contributed by atoms with Crippen molar-refractivity contribution in [2.24, 2.45) is 0 Å². The fourth-order valence-corrected chi connectivity index (χ4v) is 5.00. The summed E-state index contributed by atoms with van der Waals surface area (Å²) in [7, 11) is -1.40. The predicted molar refractivity (Wildman–Crippen MR) is 111 cm³/mol. The molecule has 2 heterocycles. The number of hydrogen-bond acceptors (Lipinski definition) is 4. The highest BCUT2D eigenvalue weighted by atomic mass is 79.9. The van der Waals surface area contributed by atoms with E-state index in [1.54, 1.807) is 36.4 Å². The summed E-state index contributed by atoms with van der Waals surface area (Å²) in [6.07, 6.45) is 2.00. The molecule has 1 fully saturated rings. The number of hydrogen-bond donors (Lipinski definition) is 1. The standard InChI is InChI=1S/C20H22BrN3O2S/c1-23-8-10-24(11-9-23)14-15-13-22-20-7-6-18(12-19(15)20)27(25,26)17-4-2-16(21)3-5-17/h2-7,12-13,22H,8-11,14H2,1H3. The molecule has 27 heavy (non-hydrogen) atoms. The number of H-pyrrole nitrogens is 1. The van der Waals surface area contributed by atoms with Crippen LogP contribution in [0.25, 0.3) is 10.9 Å². The van der Waals surface area contributed by atoms with E-state index >= 15 is 0 Å². The van der Waals surface area contributed by atoms with Gasteiger partial charge in [-0.3, -0.25) is 4.90 Å². The van der Waals surface area contributed by atoms with Crippen LogP contribution in [0.3, 0.4) is 0 Å². The highest BCUT2D eigenvalue weighted by Gasteiger charge is 2.20. The van der Waals surface area contributed by atoms with Crippen molar-refractivity contribution in [3.8, 4) is 0 Å². The van der Waals surface area contributed by atoms with Gasteiger partial charge in [-0.1, -0.05) is 15.9 Å². The van der Waals surface area contributed by atoms with Crippen LogP contribution in [0.1, 0.15) is 5.56 Å². The van der Waals surface area contributed by atoms with Gasteiger partial charge in [-0.2, -0.15) is 0 Å². The second-order valence-corrected chi connectivity index (χ2v) is 9.92. The van der Waals surface area contributed by atoms with Crippen molar-refractivity contribution in [2.75, 3.05) is 33.2 Å². The molecule has 0 atom stereocenters. The number of fused-ring (bicyclic) bond motifs is 1. The highest BCUT2D eigenvalue weighted by molar-refractivity contribution is 9.10. The first-order valence-electron chi connectivity index (χ1n) is 8.95. The molecular formula is C20H22BrN3O2S. The van der Waals surface area contributed by atoms with E-state index in [4.69, 9.17) is 0 Å². The lowest BCUT2D eigenvalue weighted by atomic mass is 10.1. The first-order chi connectivity index (χ1) is 12.9. The van der Waals surface area contributed by atoms with Gasteiger partial charge < -0.3 is 9.88 Å². The normalized spacial score (nSPS) is 16.8. The highest BCUT2D eigenvalue weighted by Crippen LogP contribution is 2.28. The average Bonchev–Trinajstić information content (AvgIpc) is 3.06. The van der Waals surface area contributed by atoms with Gasteiger partial charge in [-0.25, -0.2) is 8.42 Å². The van der Waals surface area contributed by atoms with E-state index in [9.17, 15) is 8.42 Å². The lowest BCUT2D eigenvalue weighted by Gasteiger charge is -2.32. The van der Waals surface area contributed by atoms with E-state index in [0.29, 0.717) is 9.79 Å². The average molecular weight is 448 g/mol. The van der Waals surface area contributed by atoms with Crippen LogP contribution in [-0.4, -0.2) is 56.4 Å². The Balaban J connectivity index is 1.66. The Morgan fingerprint density at radius 3 is 2.37 bits per heavy atom. The number of sulfone groups is 1. The molecule has 0 bridgehead atoms. The van der Waals surface area contributed by atoms with E-state index in [1.165, 1.54) is 0 Å². The number of benzene rings is 2. The Kier molecular flexibility index (Phi) is 5.11. The third-order valence-electron chi connectivity index (χ3n) is 5.16. The van der Waals surface area contributed by atoms with Gasteiger partial charge in [0.05, 0.1) is 9.79 Å². The molecule has 1 N–H and O–H groups in total. The molecule has 2 aromatic carbocycles. The van der Waals surface area contributed by atoms with Crippen LogP contribution in [0, 0.1) is 0 Å². The zero-order valence-electron chi connectivity index (χ0n) is 15.2. The second-order valence-electron chi connectivity index (χ2n) is 7.06. The quantitative estimate of drug-likeness (QED) is 0.664. The smallest absolute Gasteiger partial charge is 0.206 e. The lowest BCUT2D eigenvalue weighted by molar-refractivity contribution is 0.148. The maximum absolute atomic E-state index is 13.0. The van der Waals surface area contributed by atoms with Crippen molar-refractivity contribution in [1.29, 1.82) is 0 Å². The molecule has 0 radical (unpaired) electrons. The maximum atomic E-state index is 13.0. The van der Waals surface area contributed by atoms with Crippen molar-refractivity contribution >= 4 is 36.7 Å². The van der Waals surface area contributed by atoms with Crippen molar-refractivity contribution in [3.63, 3.8) is 0 Å². The van der Waals surface area contributed by atoms with Gasteiger partial charge in [0, 0.05) is 54.3 Å². The molecule has 0 saturated carbocycles. The van der Waals surface area contributed by atoms with E-state index < -0.39 is 9.84 Å². The minimum absolute atomic E-state index is 0.307. The lowest BCUT2D eigenvalue weighted by Crippen LogP contribution is -2.43. The number of aromatic amines is 1. The van der Waals surface area contributed by atoms with Gasteiger partial charge >= 0.3 is 0 Å². The van der Waals surface area contributed by atoms with Crippen LogP contribution >= 0.6 is 15.9 Å². The number of rotatable bonds is 4. The first-order valence-corrected chi connectivity index (χ1v) is 11.2. The Labute approximate surface area is 168 Å². The van der Waals surface area contributed by atoms with Gasteiger partial charge in [0.2, 0.25) is 9.84 Å². The monoisotopic (exact) mass is 447 g/mol. The fraction of sp³-hybridized carbons (Fsp3) is 0.300. The Morgan fingerprint density at radius 1 is 1.00 bits per heavy atom. The molecule has 1 aliphatic rings. The summed E-state index contributed by atoms with van der Waals surface area (Å²) in [6.45, 7) is 5.01. The molecule has 0 spiro atoms. The molecule has 0 aliphatic carbocycles. The molecule has 0 amide bonds. The van der Waals surface area contributed by atoms with Crippen LogP contribution in [-0.2, 0) is 16.4 Å². The summed E-state index contributed by atoms with van der Waals surface area (Å²) in [4.78, 5) is 8.65. The summed E-state index contributed by atoms with van der Waals surface area (Å²) < 4.78 is 26.9. The number of nitrogens with zero attached hydrogens (tertiary/aromatic N) is 2. The Morgan fingerprint density at radius 2 is 1.67 bits per heavy atom. The summed E-state index contributed by atoms with van der Waals surface area (Å²) in [6, 6.07) is 12.1. The number of piperazine rings is 1. The largest absolute Gasteiger partial charge is 0.361 e. The van der Waals surface area contributed by atoms with Gasteiger partial charge in [-0.15, -0.1) is 0 Å². The van der Waals surface area contributed by atoms with Gasteiger partial charge in [0.1, 0.15) is 0 Å². The Bertz CT molecular complexity index is 1050. The fourth-order valence-electron chi connectivity index (χ4n) is 3.45. The van der Waals surface area contributed by atoms with Crippen LogP contribution in [0.2, 0.25) is 0 Å². The zero-order chi connectivity index (χ0) is 19.0. The van der Waals surface area contributed by atoms with E-state index in [-0.39, 0.29) is 0 Å². The number of aromatic nitrogens is 1. The molecular weight excluding hydrogens is 426 g/mol. The summed E-state index contributed by atoms with van der Waals surface area (Å²) >= 11 is 3.35. The summed E-state index contributed by atoms with van der Waals surface area (Å²) in [5, 5.41) is 0.979. The van der Waals surface area contributed by atoms with Crippen LogP contribution in [0.5, 0.6) is 0 Å². The molecule has 4 rings (SSSR count). The van der Waals surface area contributed by atoms with Gasteiger partial charge in [0.15, 0.2) is 0 Å². The van der Waals surface area contributed by atoms with E-state index in [0.717, 1.165) is 53.7 Å². The van der Waals surface area contributed by atoms with Gasteiger partial charge in [0.25, 0.3) is 0 Å². The molecule has 0 unspecified atom stereocenters. The van der Waals surface area contributed by atoms with Crippen LogP contribution in [0.15, 0.2) is 62.9 Å². The third-order valence-corrected chi connectivity index (χ3v) is 7.46. The summed E-state index contributed by atoms with van der Waals surface area (Å²) in [5.74, 6) is 0. The van der Waals surface area contributed by atoms with Gasteiger partial charge in [-0.05, 0) is 55.1 Å². The van der Waals surface area contributed by atoms with Crippen molar-refractivity contribution in [3.05, 3.63) is 58.7 Å². The molecule has 1 aliphatic heterocycles. The topological polar surface area (TPSA) is 56.4 Å². The van der Waals surface area contributed by atoms with E-state index in [2.05, 4.69) is 37.8 Å². The molecule has 3 aromatic rings. The Hall–Kier alpha value is -1.67. The number of halogens is 1. The molecule has 5 nitrogen and oxygen atoms in total. The second kappa shape index (κ2) is 7.39. The molecule has 1 saturated heterocycles. The van der Waals surface area contributed by atoms with Crippen molar-refractivity contribution in [2.45, 2.75) is 16.3 Å². The molecule has 1 aromatic heterocycles. The predicted octanol–water partition coefficient (Wildman–Crippen LogP) is 3.51. The summed E-state index contributed by atoms with van der Waals surface area (Å²) in [5.41, 5.74) is 2.11. The molecule has 142 valence electrons. The number of likely N-dealkylation sites (N-methyl/N-ethyl adjacent to an activating group) is 1.